The summed E-state index contributed by atoms with van der Waals surface area (Å²) >= 11 is 0. The number of rotatable bonds is 3. The highest BCUT2D eigenvalue weighted by Gasteiger charge is 2.16. The van der Waals surface area contributed by atoms with E-state index in [2.05, 4.69) is 142 Å². The molecule has 178 valence electrons. The summed E-state index contributed by atoms with van der Waals surface area (Å²) in [7, 11) is 0. The van der Waals surface area contributed by atoms with Crippen LogP contribution in [-0.2, 0) is 0 Å². The van der Waals surface area contributed by atoms with Crippen molar-refractivity contribution >= 4 is 43.5 Å². The molecule has 0 saturated heterocycles. The molecule has 3 aromatic heterocycles. The fourth-order valence-electron chi connectivity index (χ4n) is 5.91. The normalized spacial score (nSPS) is 11.7. The van der Waals surface area contributed by atoms with Gasteiger partial charge >= 0.3 is 0 Å². The molecule has 0 aliphatic rings. The van der Waals surface area contributed by atoms with Crippen molar-refractivity contribution < 1.29 is 0 Å². The number of hydrogen-bond donors (Lipinski definition) is 0. The molecule has 3 heterocycles. The molecule has 0 unspecified atom stereocenters. The summed E-state index contributed by atoms with van der Waals surface area (Å²) in [6.07, 6.45) is 6.07. The number of benzene rings is 5. The van der Waals surface area contributed by atoms with Gasteiger partial charge in [-0.1, -0.05) is 72.8 Å². The van der Waals surface area contributed by atoms with E-state index in [-0.39, 0.29) is 0 Å². The average Bonchev–Trinajstić information content (AvgIpc) is 3.57. The predicted octanol–water partition coefficient (Wildman–Crippen LogP) is 8.94. The lowest BCUT2D eigenvalue weighted by Gasteiger charge is -2.10. The second-order valence-corrected chi connectivity index (χ2v) is 9.72. The second-order valence-electron chi connectivity index (χ2n) is 9.72. The van der Waals surface area contributed by atoms with Gasteiger partial charge in [-0.2, -0.15) is 0 Å². The molecule has 0 radical (unpaired) electrons. The van der Waals surface area contributed by atoms with E-state index in [4.69, 9.17) is 0 Å². The van der Waals surface area contributed by atoms with Crippen LogP contribution in [0.15, 0.2) is 140 Å². The number of hydrogen-bond acceptors (Lipinski definition) is 1. The number of pyridine rings is 1. The van der Waals surface area contributed by atoms with Crippen molar-refractivity contribution in [2.24, 2.45) is 0 Å². The Morgan fingerprint density at radius 3 is 2.05 bits per heavy atom. The van der Waals surface area contributed by atoms with E-state index >= 15 is 0 Å². The molecule has 8 rings (SSSR count). The topological polar surface area (TPSA) is 22.8 Å². The zero-order chi connectivity index (χ0) is 25.1. The van der Waals surface area contributed by atoms with Gasteiger partial charge in [-0.25, -0.2) is 0 Å². The van der Waals surface area contributed by atoms with Crippen LogP contribution < -0.4 is 0 Å². The van der Waals surface area contributed by atoms with Crippen LogP contribution in [0, 0.1) is 0 Å². The molecular formula is C35H23N3. The van der Waals surface area contributed by atoms with Crippen LogP contribution in [0.3, 0.4) is 0 Å². The molecule has 0 aliphatic carbocycles. The summed E-state index contributed by atoms with van der Waals surface area (Å²) in [4.78, 5) is 4.47. The molecular weight excluding hydrogens is 462 g/mol. The minimum absolute atomic E-state index is 1.14. The highest BCUT2D eigenvalue weighted by molar-refractivity contribution is 6.21. The number of fused-ring (bicyclic) bond motifs is 6. The highest BCUT2D eigenvalue weighted by Crippen LogP contribution is 2.38. The lowest BCUT2D eigenvalue weighted by Crippen LogP contribution is -1.94. The summed E-state index contributed by atoms with van der Waals surface area (Å²) in [5.41, 5.74) is 8.29. The Morgan fingerprint density at radius 2 is 1.18 bits per heavy atom. The van der Waals surface area contributed by atoms with Gasteiger partial charge < -0.3 is 9.13 Å². The molecule has 38 heavy (non-hydrogen) atoms. The van der Waals surface area contributed by atoms with Crippen LogP contribution in [-0.4, -0.2) is 14.1 Å². The maximum Gasteiger partial charge on any atom is 0.0548 e. The van der Waals surface area contributed by atoms with Gasteiger partial charge in [0.1, 0.15) is 0 Å². The molecule has 0 bridgehead atoms. The van der Waals surface area contributed by atoms with Gasteiger partial charge in [-0.3, -0.25) is 4.98 Å². The monoisotopic (exact) mass is 485 g/mol. The molecule has 5 aromatic carbocycles. The average molecular weight is 486 g/mol. The van der Waals surface area contributed by atoms with Crippen molar-refractivity contribution in [3.63, 3.8) is 0 Å². The largest absolute Gasteiger partial charge is 0.317 e. The second kappa shape index (κ2) is 8.19. The van der Waals surface area contributed by atoms with Gasteiger partial charge in [-0.05, 0) is 59.5 Å². The molecule has 8 aromatic rings. The van der Waals surface area contributed by atoms with Crippen LogP contribution in [0.1, 0.15) is 0 Å². The standard InChI is InChI=1S/C35H23N3/c1-2-9-27(10-3-1)38-33-13-7-6-12-29(33)35-30-20-21-37(32(30)18-19-34(35)38)26-16-14-24(15-17-26)31-23-36-22-25-8-4-5-11-28(25)31/h1-23H. The number of aromatic nitrogens is 3. The van der Waals surface area contributed by atoms with E-state index in [9.17, 15) is 0 Å². The lowest BCUT2D eigenvalue weighted by atomic mass is 10.0. The first-order chi connectivity index (χ1) is 18.9. The molecule has 3 heteroatoms. The Kier molecular flexibility index (Phi) is 4.52. The quantitative estimate of drug-likeness (QED) is 0.245. The molecule has 0 aliphatic heterocycles. The first-order valence-corrected chi connectivity index (χ1v) is 12.9. The van der Waals surface area contributed by atoms with Gasteiger partial charge in [0.05, 0.1) is 16.6 Å². The van der Waals surface area contributed by atoms with E-state index in [1.165, 1.54) is 49.3 Å². The number of para-hydroxylation sites is 2. The van der Waals surface area contributed by atoms with Crippen LogP contribution in [0.4, 0.5) is 0 Å². The summed E-state index contributed by atoms with van der Waals surface area (Å²) in [5.74, 6) is 0. The van der Waals surface area contributed by atoms with Crippen molar-refractivity contribution in [2.75, 3.05) is 0 Å². The fraction of sp³-hybridized carbons (Fsp3) is 0. The summed E-state index contributed by atoms with van der Waals surface area (Å²) < 4.78 is 4.66. The highest BCUT2D eigenvalue weighted by atomic mass is 15.0. The van der Waals surface area contributed by atoms with Crippen molar-refractivity contribution in [1.29, 1.82) is 0 Å². The Balaban J connectivity index is 1.30. The van der Waals surface area contributed by atoms with Crippen LogP contribution >= 0.6 is 0 Å². The number of nitrogens with zero attached hydrogens (tertiary/aromatic N) is 3. The molecule has 0 saturated carbocycles. The van der Waals surface area contributed by atoms with E-state index in [0.717, 1.165) is 16.6 Å². The van der Waals surface area contributed by atoms with Crippen molar-refractivity contribution in [2.45, 2.75) is 0 Å². The maximum atomic E-state index is 4.47. The van der Waals surface area contributed by atoms with Crippen LogP contribution in [0.2, 0.25) is 0 Å². The first-order valence-electron chi connectivity index (χ1n) is 12.9. The van der Waals surface area contributed by atoms with Gasteiger partial charge in [0, 0.05) is 57.1 Å². The lowest BCUT2D eigenvalue weighted by molar-refractivity contribution is 1.13. The minimum atomic E-state index is 1.14. The van der Waals surface area contributed by atoms with Crippen molar-refractivity contribution in [3.8, 4) is 22.5 Å². The fourth-order valence-corrected chi connectivity index (χ4v) is 5.91. The summed E-state index contributed by atoms with van der Waals surface area (Å²) in [6, 6.07) is 43.3. The summed E-state index contributed by atoms with van der Waals surface area (Å²) in [6.45, 7) is 0. The van der Waals surface area contributed by atoms with Gasteiger partial charge in [0.2, 0.25) is 0 Å². The third-order valence-corrected chi connectivity index (χ3v) is 7.64. The minimum Gasteiger partial charge on any atom is -0.317 e. The zero-order valence-corrected chi connectivity index (χ0v) is 20.6. The van der Waals surface area contributed by atoms with Crippen molar-refractivity contribution in [1.82, 2.24) is 14.1 Å². The SMILES string of the molecule is c1ccc(-n2c3ccccc3c3c4ccn(-c5ccc(-c6cncc7ccccc67)cc5)c4ccc32)cc1. The van der Waals surface area contributed by atoms with E-state index in [1.54, 1.807) is 0 Å². The summed E-state index contributed by atoms with van der Waals surface area (Å²) in [5, 5.41) is 6.20. The van der Waals surface area contributed by atoms with E-state index in [1.807, 2.05) is 12.4 Å². The van der Waals surface area contributed by atoms with E-state index in [0.29, 0.717) is 0 Å². The molecule has 0 spiro atoms. The molecule has 0 amide bonds. The van der Waals surface area contributed by atoms with E-state index < -0.39 is 0 Å². The molecule has 0 atom stereocenters. The third-order valence-electron chi connectivity index (χ3n) is 7.64. The predicted molar refractivity (Wildman–Crippen MR) is 158 cm³/mol. The molecule has 3 nitrogen and oxygen atoms in total. The van der Waals surface area contributed by atoms with Gasteiger partial charge in [-0.15, -0.1) is 0 Å². The van der Waals surface area contributed by atoms with Gasteiger partial charge in [0.25, 0.3) is 0 Å². The maximum absolute atomic E-state index is 4.47. The molecule has 0 N–H and O–H groups in total. The van der Waals surface area contributed by atoms with Gasteiger partial charge in [0.15, 0.2) is 0 Å². The first kappa shape index (κ1) is 21.0. The smallest absolute Gasteiger partial charge is 0.0548 e. The van der Waals surface area contributed by atoms with Crippen LogP contribution in [0.25, 0.3) is 66.0 Å². The zero-order valence-electron chi connectivity index (χ0n) is 20.6. The Labute approximate surface area is 219 Å². The Bertz CT molecular complexity index is 2110. The Morgan fingerprint density at radius 1 is 0.474 bits per heavy atom. The third kappa shape index (κ3) is 3.06. The van der Waals surface area contributed by atoms with Crippen molar-refractivity contribution in [3.05, 3.63) is 140 Å². The van der Waals surface area contributed by atoms with Crippen LogP contribution in [0.5, 0.6) is 0 Å². The Hall–Kier alpha value is -5.15. The molecule has 0 fully saturated rings.